The van der Waals surface area contributed by atoms with Gasteiger partial charge in [0.1, 0.15) is 0 Å². The fraction of sp³-hybridized carbons (Fsp3) is 0.0667. The Morgan fingerprint density at radius 2 is 1.74 bits per heavy atom. The van der Waals surface area contributed by atoms with E-state index < -0.39 is 11.8 Å². The van der Waals surface area contributed by atoms with Gasteiger partial charge < -0.3 is 5.32 Å². The predicted molar refractivity (Wildman–Crippen MR) is 88.3 cm³/mol. The normalized spacial score (nSPS) is 10.5. The number of amides is 2. The number of hydrogen-bond donors (Lipinski definition) is 2. The molecule has 1 aromatic heterocycles. The number of nitrogens with zero attached hydrogens (tertiary/aromatic N) is 2. The summed E-state index contributed by atoms with van der Waals surface area (Å²) in [6, 6.07) is 8.43. The molecule has 8 heteroatoms. The summed E-state index contributed by atoms with van der Waals surface area (Å²) in [4.78, 5) is 27.1. The van der Waals surface area contributed by atoms with Crippen molar-refractivity contribution in [2.45, 2.75) is 6.54 Å². The molecule has 2 aromatic rings. The van der Waals surface area contributed by atoms with Crippen molar-refractivity contribution < 1.29 is 9.59 Å². The summed E-state index contributed by atoms with van der Waals surface area (Å²) in [7, 11) is 0. The molecule has 0 aliphatic heterocycles. The third-order valence-electron chi connectivity index (χ3n) is 2.77. The molecular formula is C15H12Cl2N4O2. The van der Waals surface area contributed by atoms with Gasteiger partial charge in [-0.2, -0.15) is 5.10 Å². The molecule has 0 atom stereocenters. The summed E-state index contributed by atoms with van der Waals surface area (Å²) in [5, 5.41) is 6.91. The lowest BCUT2D eigenvalue weighted by Gasteiger charge is -2.04. The largest absolute Gasteiger partial charge is 0.344 e. The first-order chi connectivity index (χ1) is 11.1. The molecule has 0 aliphatic carbocycles. The molecular weight excluding hydrogens is 339 g/mol. The van der Waals surface area contributed by atoms with Gasteiger partial charge in [-0.1, -0.05) is 29.3 Å². The van der Waals surface area contributed by atoms with E-state index >= 15 is 0 Å². The number of hydrogen-bond acceptors (Lipinski definition) is 4. The number of hydrazone groups is 1. The van der Waals surface area contributed by atoms with Gasteiger partial charge in [0.05, 0.1) is 16.3 Å². The van der Waals surface area contributed by atoms with Crippen LogP contribution in [0.15, 0.2) is 47.8 Å². The number of carbonyl (C=O) groups is 2. The van der Waals surface area contributed by atoms with E-state index in [-0.39, 0.29) is 6.54 Å². The highest BCUT2D eigenvalue weighted by molar-refractivity contribution is 6.38. The number of halogens is 2. The quantitative estimate of drug-likeness (QED) is 0.503. The number of benzene rings is 1. The van der Waals surface area contributed by atoms with Crippen LogP contribution in [0.1, 0.15) is 11.1 Å². The summed E-state index contributed by atoms with van der Waals surface area (Å²) in [5.74, 6) is -1.69. The van der Waals surface area contributed by atoms with Gasteiger partial charge in [0.2, 0.25) is 0 Å². The van der Waals surface area contributed by atoms with Gasteiger partial charge in [-0.25, -0.2) is 5.43 Å². The van der Waals surface area contributed by atoms with Crippen LogP contribution in [0.5, 0.6) is 0 Å². The number of carbonyl (C=O) groups excluding carboxylic acids is 2. The van der Waals surface area contributed by atoms with E-state index in [1.54, 1.807) is 42.7 Å². The predicted octanol–water partition coefficient (Wildman–Crippen LogP) is 2.15. The van der Waals surface area contributed by atoms with Crippen molar-refractivity contribution >= 4 is 41.2 Å². The van der Waals surface area contributed by atoms with Gasteiger partial charge in [0, 0.05) is 24.5 Å². The molecule has 0 saturated carbocycles. The Bertz CT molecular complexity index is 715. The molecule has 0 aliphatic rings. The van der Waals surface area contributed by atoms with Crippen molar-refractivity contribution in [3.05, 3.63) is 63.9 Å². The molecule has 2 N–H and O–H groups in total. The van der Waals surface area contributed by atoms with E-state index in [9.17, 15) is 9.59 Å². The summed E-state index contributed by atoms with van der Waals surface area (Å²) >= 11 is 11.9. The van der Waals surface area contributed by atoms with E-state index in [1.165, 1.54) is 6.21 Å². The summed E-state index contributed by atoms with van der Waals surface area (Å²) in [5.41, 5.74) is 3.39. The van der Waals surface area contributed by atoms with E-state index in [4.69, 9.17) is 23.2 Å². The van der Waals surface area contributed by atoms with Crippen LogP contribution in [-0.4, -0.2) is 23.0 Å². The minimum atomic E-state index is -0.890. The molecule has 0 bridgehead atoms. The van der Waals surface area contributed by atoms with Crippen molar-refractivity contribution in [2.24, 2.45) is 5.10 Å². The van der Waals surface area contributed by atoms with Crippen LogP contribution < -0.4 is 10.7 Å². The minimum Gasteiger partial charge on any atom is -0.344 e. The number of rotatable bonds is 4. The molecule has 0 radical (unpaired) electrons. The van der Waals surface area contributed by atoms with Crippen molar-refractivity contribution in [1.82, 2.24) is 15.7 Å². The van der Waals surface area contributed by atoms with Crippen LogP contribution in [-0.2, 0) is 16.1 Å². The second kappa shape index (κ2) is 8.26. The van der Waals surface area contributed by atoms with E-state index in [0.717, 1.165) is 5.56 Å². The van der Waals surface area contributed by atoms with Crippen molar-refractivity contribution in [2.75, 3.05) is 0 Å². The van der Waals surface area contributed by atoms with Crippen LogP contribution in [0.2, 0.25) is 10.0 Å². The summed E-state index contributed by atoms with van der Waals surface area (Å²) < 4.78 is 0. The summed E-state index contributed by atoms with van der Waals surface area (Å²) in [6.07, 6.45) is 4.47. The zero-order valence-electron chi connectivity index (χ0n) is 11.8. The Kier molecular flexibility index (Phi) is 6.08. The molecule has 23 heavy (non-hydrogen) atoms. The first kappa shape index (κ1) is 16.9. The Morgan fingerprint density at radius 1 is 1.09 bits per heavy atom. The first-order valence-corrected chi connectivity index (χ1v) is 7.27. The maximum absolute atomic E-state index is 11.6. The Labute approximate surface area is 142 Å². The van der Waals surface area contributed by atoms with E-state index in [0.29, 0.717) is 15.6 Å². The third kappa shape index (κ3) is 5.05. The lowest BCUT2D eigenvalue weighted by atomic mass is 10.2. The maximum atomic E-state index is 11.6. The summed E-state index contributed by atoms with van der Waals surface area (Å²) in [6.45, 7) is 0.217. The third-order valence-corrected chi connectivity index (χ3v) is 3.43. The van der Waals surface area contributed by atoms with E-state index in [1.807, 2.05) is 0 Å². The monoisotopic (exact) mass is 350 g/mol. The standard InChI is InChI=1S/C15H12Cl2N4O2/c16-12-2-1-3-13(17)11(12)9-20-21-15(23)14(22)19-8-10-4-6-18-7-5-10/h1-7,9H,8H2,(H,19,22)(H,21,23)/b20-9-. The Balaban J connectivity index is 1.86. The SMILES string of the molecule is O=C(NCc1ccncc1)C(=O)N/N=C\c1c(Cl)cccc1Cl. The zero-order valence-corrected chi connectivity index (χ0v) is 13.3. The van der Waals surface area contributed by atoms with Crippen molar-refractivity contribution in [3.63, 3.8) is 0 Å². The van der Waals surface area contributed by atoms with Crippen LogP contribution >= 0.6 is 23.2 Å². The van der Waals surface area contributed by atoms with E-state index in [2.05, 4.69) is 20.8 Å². The molecule has 1 aromatic carbocycles. The molecule has 1 heterocycles. The van der Waals surface area contributed by atoms with Gasteiger partial charge in [0.25, 0.3) is 0 Å². The lowest BCUT2D eigenvalue weighted by molar-refractivity contribution is -0.139. The molecule has 0 fully saturated rings. The Hall–Kier alpha value is -2.44. The van der Waals surface area contributed by atoms with Gasteiger partial charge in [-0.05, 0) is 29.8 Å². The maximum Gasteiger partial charge on any atom is 0.329 e. The zero-order chi connectivity index (χ0) is 16.7. The van der Waals surface area contributed by atoms with Crippen LogP contribution in [0.3, 0.4) is 0 Å². The second-order valence-electron chi connectivity index (χ2n) is 4.37. The molecule has 6 nitrogen and oxygen atoms in total. The number of pyridine rings is 1. The topological polar surface area (TPSA) is 83.5 Å². The van der Waals surface area contributed by atoms with Gasteiger partial charge in [-0.3, -0.25) is 14.6 Å². The minimum absolute atomic E-state index is 0.217. The smallest absolute Gasteiger partial charge is 0.329 e. The van der Waals surface area contributed by atoms with Gasteiger partial charge in [-0.15, -0.1) is 0 Å². The van der Waals surface area contributed by atoms with Crippen LogP contribution in [0.4, 0.5) is 0 Å². The average molecular weight is 351 g/mol. The molecule has 0 saturated heterocycles. The average Bonchev–Trinajstić information content (AvgIpc) is 2.56. The lowest BCUT2D eigenvalue weighted by Crippen LogP contribution is -2.37. The first-order valence-electron chi connectivity index (χ1n) is 6.52. The molecule has 2 amide bonds. The van der Waals surface area contributed by atoms with Gasteiger partial charge >= 0.3 is 11.8 Å². The second-order valence-corrected chi connectivity index (χ2v) is 5.19. The highest BCUT2D eigenvalue weighted by atomic mass is 35.5. The van der Waals surface area contributed by atoms with Gasteiger partial charge in [0.15, 0.2) is 0 Å². The fourth-order valence-corrected chi connectivity index (χ4v) is 2.10. The fourth-order valence-electron chi connectivity index (χ4n) is 1.60. The molecule has 0 unspecified atom stereocenters. The molecule has 2 rings (SSSR count). The number of nitrogens with one attached hydrogen (secondary N) is 2. The van der Waals surface area contributed by atoms with Crippen molar-refractivity contribution in [3.8, 4) is 0 Å². The Morgan fingerprint density at radius 3 is 2.39 bits per heavy atom. The van der Waals surface area contributed by atoms with Crippen LogP contribution in [0.25, 0.3) is 0 Å². The van der Waals surface area contributed by atoms with Crippen molar-refractivity contribution in [1.29, 1.82) is 0 Å². The highest BCUT2D eigenvalue weighted by Gasteiger charge is 2.12. The molecule has 118 valence electrons. The number of aromatic nitrogens is 1. The molecule has 0 spiro atoms. The van der Waals surface area contributed by atoms with Crippen LogP contribution in [0, 0.1) is 0 Å². The highest BCUT2D eigenvalue weighted by Crippen LogP contribution is 2.21.